The number of aryl methyl sites for hydroxylation is 3. The van der Waals surface area contributed by atoms with E-state index in [0.29, 0.717) is 24.7 Å². The molecule has 1 aromatic heterocycles. The lowest BCUT2D eigenvalue weighted by Crippen LogP contribution is -2.39. The van der Waals surface area contributed by atoms with Gasteiger partial charge < -0.3 is 9.42 Å². The van der Waals surface area contributed by atoms with Gasteiger partial charge in [-0.05, 0) is 38.7 Å². The number of amides is 1. The van der Waals surface area contributed by atoms with Gasteiger partial charge in [0.25, 0.3) is 0 Å². The summed E-state index contributed by atoms with van der Waals surface area (Å²) in [5, 5.41) is 3.86. The molecule has 1 saturated heterocycles. The van der Waals surface area contributed by atoms with Gasteiger partial charge in [-0.25, -0.2) is 0 Å². The van der Waals surface area contributed by atoms with Crippen LogP contribution >= 0.6 is 0 Å². The third-order valence-corrected chi connectivity index (χ3v) is 4.41. The van der Waals surface area contributed by atoms with Crippen molar-refractivity contribution in [2.75, 3.05) is 13.1 Å². The van der Waals surface area contributed by atoms with Crippen LogP contribution in [0, 0.1) is 13.8 Å². The maximum atomic E-state index is 12.5. The average molecular weight is 313 g/mol. The first-order valence-electron chi connectivity index (χ1n) is 8.25. The zero-order valence-corrected chi connectivity index (χ0v) is 13.8. The summed E-state index contributed by atoms with van der Waals surface area (Å²) in [6.07, 6.45) is 3.34. The molecule has 1 atom stereocenters. The van der Waals surface area contributed by atoms with E-state index in [1.165, 1.54) is 11.1 Å². The molecule has 0 saturated carbocycles. The van der Waals surface area contributed by atoms with E-state index in [1.807, 2.05) is 11.8 Å². The van der Waals surface area contributed by atoms with Crippen molar-refractivity contribution in [2.24, 2.45) is 0 Å². The molecule has 1 fully saturated rings. The minimum atomic E-state index is 0.174. The third kappa shape index (κ3) is 3.97. The molecule has 0 unspecified atom stereocenters. The van der Waals surface area contributed by atoms with Crippen LogP contribution in [-0.2, 0) is 11.2 Å². The molecule has 0 bridgehead atoms. The van der Waals surface area contributed by atoms with Gasteiger partial charge in [-0.2, -0.15) is 4.98 Å². The number of benzene rings is 1. The van der Waals surface area contributed by atoms with Crippen molar-refractivity contribution in [2.45, 2.75) is 45.4 Å². The second-order valence-corrected chi connectivity index (χ2v) is 6.34. The molecular weight excluding hydrogens is 290 g/mol. The molecule has 3 rings (SSSR count). The van der Waals surface area contributed by atoms with Gasteiger partial charge in [-0.15, -0.1) is 0 Å². The summed E-state index contributed by atoms with van der Waals surface area (Å²) in [5.41, 5.74) is 2.46. The minimum absolute atomic E-state index is 0.174. The zero-order valence-electron chi connectivity index (χ0n) is 13.8. The molecule has 1 amide bonds. The molecular formula is C18H23N3O2. The molecule has 0 N–H and O–H groups in total. The molecule has 1 aromatic carbocycles. The standard InChI is InChI=1S/C18H23N3O2/c1-13-5-7-15(8-6-13)9-10-17(22)21-11-3-4-16(12-21)18-19-14(2)20-23-18/h5-8,16H,3-4,9-12H2,1-2H3/t16-/m1/s1. The summed E-state index contributed by atoms with van der Waals surface area (Å²) >= 11 is 0. The molecule has 2 aromatic rings. The second kappa shape index (κ2) is 6.94. The lowest BCUT2D eigenvalue weighted by Gasteiger charge is -2.31. The van der Waals surface area contributed by atoms with Gasteiger partial charge in [-0.3, -0.25) is 4.79 Å². The lowest BCUT2D eigenvalue weighted by molar-refractivity contribution is -0.132. The summed E-state index contributed by atoms with van der Waals surface area (Å²) in [7, 11) is 0. The van der Waals surface area contributed by atoms with Crippen molar-refractivity contribution in [1.29, 1.82) is 0 Å². The molecule has 1 aliphatic rings. The van der Waals surface area contributed by atoms with Crippen molar-refractivity contribution in [3.05, 3.63) is 47.1 Å². The van der Waals surface area contributed by atoms with Crippen LogP contribution in [0.5, 0.6) is 0 Å². The first-order valence-corrected chi connectivity index (χ1v) is 8.25. The molecule has 2 heterocycles. The largest absolute Gasteiger partial charge is 0.342 e. The molecule has 5 heteroatoms. The summed E-state index contributed by atoms with van der Waals surface area (Å²) in [5.74, 6) is 1.71. The molecule has 0 spiro atoms. The first-order chi connectivity index (χ1) is 11.1. The van der Waals surface area contributed by atoms with E-state index in [9.17, 15) is 4.79 Å². The van der Waals surface area contributed by atoms with Gasteiger partial charge in [0.2, 0.25) is 11.8 Å². The monoisotopic (exact) mass is 313 g/mol. The van der Waals surface area contributed by atoms with Crippen LogP contribution in [0.1, 0.15) is 48.0 Å². The summed E-state index contributed by atoms with van der Waals surface area (Å²) in [4.78, 5) is 18.7. The number of hydrogen-bond acceptors (Lipinski definition) is 4. The molecule has 0 radical (unpaired) electrons. The topological polar surface area (TPSA) is 59.2 Å². The summed E-state index contributed by atoms with van der Waals surface area (Å²) in [6, 6.07) is 8.38. The van der Waals surface area contributed by atoms with Gasteiger partial charge in [0, 0.05) is 19.5 Å². The Hall–Kier alpha value is -2.17. The second-order valence-electron chi connectivity index (χ2n) is 6.34. The summed E-state index contributed by atoms with van der Waals surface area (Å²) < 4.78 is 5.27. The number of hydrogen-bond donors (Lipinski definition) is 0. The summed E-state index contributed by atoms with van der Waals surface area (Å²) in [6.45, 7) is 5.41. The Morgan fingerprint density at radius 1 is 1.30 bits per heavy atom. The Balaban J connectivity index is 1.55. The smallest absolute Gasteiger partial charge is 0.231 e. The van der Waals surface area contributed by atoms with Crippen LogP contribution in [0.25, 0.3) is 0 Å². The molecule has 0 aliphatic carbocycles. The Kier molecular flexibility index (Phi) is 4.74. The number of carbonyl (C=O) groups excluding carboxylic acids is 1. The maximum Gasteiger partial charge on any atom is 0.231 e. The lowest BCUT2D eigenvalue weighted by atomic mass is 9.97. The fraction of sp³-hybridized carbons (Fsp3) is 0.500. The SMILES string of the molecule is Cc1ccc(CCC(=O)N2CCC[C@@H](c3nc(C)no3)C2)cc1. The van der Waals surface area contributed by atoms with Crippen LogP contribution in [0.3, 0.4) is 0 Å². The number of likely N-dealkylation sites (tertiary alicyclic amines) is 1. The van der Waals surface area contributed by atoms with Crippen molar-refractivity contribution in [1.82, 2.24) is 15.0 Å². The quantitative estimate of drug-likeness (QED) is 0.870. The number of piperidine rings is 1. The van der Waals surface area contributed by atoms with Crippen molar-refractivity contribution >= 4 is 5.91 Å². The van der Waals surface area contributed by atoms with Crippen LogP contribution in [0.4, 0.5) is 0 Å². The highest BCUT2D eigenvalue weighted by Gasteiger charge is 2.27. The first kappa shape index (κ1) is 15.7. The number of nitrogens with zero attached hydrogens (tertiary/aromatic N) is 3. The van der Waals surface area contributed by atoms with E-state index in [4.69, 9.17) is 4.52 Å². The molecule has 5 nitrogen and oxygen atoms in total. The van der Waals surface area contributed by atoms with Gasteiger partial charge in [0.05, 0.1) is 5.92 Å². The third-order valence-electron chi connectivity index (χ3n) is 4.41. The molecule has 122 valence electrons. The van der Waals surface area contributed by atoms with Crippen molar-refractivity contribution < 1.29 is 9.32 Å². The van der Waals surface area contributed by atoms with E-state index in [0.717, 1.165) is 25.8 Å². The Morgan fingerprint density at radius 2 is 2.09 bits per heavy atom. The maximum absolute atomic E-state index is 12.5. The van der Waals surface area contributed by atoms with Crippen molar-refractivity contribution in [3.63, 3.8) is 0 Å². The molecule has 1 aliphatic heterocycles. The zero-order chi connectivity index (χ0) is 16.2. The number of carbonyl (C=O) groups is 1. The Morgan fingerprint density at radius 3 is 2.78 bits per heavy atom. The highest BCUT2D eigenvalue weighted by atomic mass is 16.5. The average Bonchev–Trinajstić information content (AvgIpc) is 3.01. The highest BCUT2D eigenvalue weighted by Crippen LogP contribution is 2.26. The van der Waals surface area contributed by atoms with Gasteiger partial charge >= 0.3 is 0 Å². The molecule has 23 heavy (non-hydrogen) atoms. The number of aromatic nitrogens is 2. The predicted octanol–water partition coefficient (Wildman–Crippen LogP) is 3.03. The minimum Gasteiger partial charge on any atom is -0.342 e. The Bertz CT molecular complexity index is 663. The van der Waals surface area contributed by atoms with Crippen molar-refractivity contribution in [3.8, 4) is 0 Å². The fourth-order valence-corrected chi connectivity index (χ4v) is 3.05. The van der Waals surface area contributed by atoms with Crippen LogP contribution in [0.2, 0.25) is 0 Å². The van der Waals surface area contributed by atoms with E-state index in [1.54, 1.807) is 0 Å². The van der Waals surface area contributed by atoms with E-state index < -0.39 is 0 Å². The van der Waals surface area contributed by atoms with Crippen LogP contribution in [0.15, 0.2) is 28.8 Å². The normalized spacial score (nSPS) is 18.2. The predicted molar refractivity (Wildman–Crippen MR) is 87.1 cm³/mol. The highest BCUT2D eigenvalue weighted by molar-refractivity contribution is 5.76. The Labute approximate surface area is 136 Å². The van der Waals surface area contributed by atoms with E-state index >= 15 is 0 Å². The van der Waals surface area contributed by atoms with E-state index in [2.05, 4.69) is 41.3 Å². The van der Waals surface area contributed by atoms with Gasteiger partial charge in [0.1, 0.15) is 0 Å². The van der Waals surface area contributed by atoms with Crippen LogP contribution < -0.4 is 0 Å². The van der Waals surface area contributed by atoms with Gasteiger partial charge in [-0.1, -0.05) is 35.0 Å². The number of rotatable bonds is 4. The van der Waals surface area contributed by atoms with Crippen LogP contribution in [-0.4, -0.2) is 34.0 Å². The fourth-order valence-electron chi connectivity index (χ4n) is 3.05. The van der Waals surface area contributed by atoms with E-state index in [-0.39, 0.29) is 11.8 Å². The van der Waals surface area contributed by atoms with Gasteiger partial charge in [0.15, 0.2) is 5.82 Å².